The predicted octanol–water partition coefficient (Wildman–Crippen LogP) is 3.78. The molecule has 180 valence electrons. The first kappa shape index (κ1) is 25.3. The standard InChI is InChI=1S/C25H30N4O4S/c1-16(2)15-34-25-28-27-22(29(25)3)12-13-26-24(31)18-8-6-17(7-9-18)23(30)20-14-19(32-4)10-11-21(20)33-5/h6-11,14,16H,12-13,15H2,1-5H3,(H,26,31). The van der Waals surface area contributed by atoms with Gasteiger partial charge in [0.15, 0.2) is 10.9 Å². The Labute approximate surface area is 204 Å². The summed E-state index contributed by atoms with van der Waals surface area (Å²) in [5, 5.41) is 12.2. The number of rotatable bonds is 11. The third-order valence-corrected chi connectivity index (χ3v) is 6.61. The van der Waals surface area contributed by atoms with Gasteiger partial charge < -0.3 is 19.4 Å². The van der Waals surface area contributed by atoms with E-state index >= 15 is 0 Å². The van der Waals surface area contributed by atoms with Crippen LogP contribution in [-0.2, 0) is 13.5 Å². The lowest BCUT2D eigenvalue weighted by atomic mass is 10.0. The van der Waals surface area contributed by atoms with Gasteiger partial charge in [0.2, 0.25) is 0 Å². The van der Waals surface area contributed by atoms with Crippen LogP contribution in [0.2, 0.25) is 0 Å². The lowest BCUT2D eigenvalue weighted by molar-refractivity contribution is 0.0952. The van der Waals surface area contributed by atoms with Crippen molar-refractivity contribution in [3.8, 4) is 11.5 Å². The number of nitrogens with zero attached hydrogens (tertiary/aromatic N) is 3. The van der Waals surface area contributed by atoms with Gasteiger partial charge >= 0.3 is 0 Å². The van der Waals surface area contributed by atoms with Crippen LogP contribution in [-0.4, -0.2) is 53.0 Å². The normalized spacial score (nSPS) is 10.9. The number of aromatic nitrogens is 3. The fraction of sp³-hybridized carbons (Fsp3) is 0.360. The van der Waals surface area contributed by atoms with E-state index < -0.39 is 0 Å². The molecule has 0 spiro atoms. The predicted molar refractivity (Wildman–Crippen MR) is 132 cm³/mol. The van der Waals surface area contributed by atoms with Crippen molar-refractivity contribution in [3.05, 3.63) is 65.0 Å². The molecule has 0 aliphatic carbocycles. The first-order valence-electron chi connectivity index (χ1n) is 11.0. The summed E-state index contributed by atoms with van der Waals surface area (Å²) in [5.41, 5.74) is 1.32. The van der Waals surface area contributed by atoms with E-state index in [4.69, 9.17) is 9.47 Å². The number of hydrogen-bond acceptors (Lipinski definition) is 7. The van der Waals surface area contributed by atoms with Crippen molar-refractivity contribution in [1.29, 1.82) is 0 Å². The van der Waals surface area contributed by atoms with Crippen molar-refractivity contribution in [2.45, 2.75) is 25.4 Å². The topological polar surface area (TPSA) is 95.3 Å². The SMILES string of the molecule is COc1ccc(OC)c(C(=O)c2ccc(C(=O)NCCc3nnc(SCC(C)C)n3C)cc2)c1. The van der Waals surface area contributed by atoms with Gasteiger partial charge in [-0.15, -0.1) is 10.2 Å². The molecule has 9 heteroatoms. The number of nitrogens with one attached hydrogen (secondary N) is 1. The highest BCUT2D eigenvalue weighted by atomic mass is 32.2. The Kier molecular flexibility index (Phi) is 8.70. The van der Waals surface area contributed by atoms with Crippen LogP contribution in [0, 0.1) is 5.92 Å². The number of thioether (sulfide) groups is 1. The number of ether oxygens (including phenoxy) is 2. The number of carbonyl (C=O) groups excluding carboxylic acids is 2. The van der Waals surface area contributed by atoms with Gasteiger partial charge in [-0.25, -0.2) is 0 Å². The highest BCUT2D eigenvalue weighted by Gasteiger charge is 2.17. The molecule has 0 unspecified atom stereocenters. The third-order valence-electron chi connectivity index (χ3n) is 5.17. The molecule has 0 aliphatic heterocycles. The van der Waals surface area contributed by atoms with Crippen LogP contribution >= 0.6 is 11.8 Å². The van der Waals surface area contributed by atoms with Crippen molar-refractivity contribution in [2.75, 3.05) is 26.5 Å². The molecule has 1 amide bonds. The minimum absolute atomic E-state index is 0.212. The van der Waals surface area contributed by atoms with Crippen LogP contribution < -0.4 is 14.8 Å². The van der Waals surface area contributed by atoms with Crippen LogP contribution in [0.15, 0.2) is 47.6 Å². The zero-order valence-corrected chi connectivity index (χ0v) is 20.9. The van der Waals surface area contributed by atoms with Crippen molar-refractivity contribution in [3.63, 3.8) is 0 Å². The molecule has 8 nitrogen and oxygen atoms in total. The summed E-state index contributed by atoms with van der Waals surface area (Å²) in [6.45, 7) is 4.76. The summed E-state index contributed by atoms with van der Waals surface area (Å²) < 4.78 is 12.5. The summed E-state index contributed by atoms with van der Waals surface area (Å²) in [4.78, 5) is 25.5. The quantitative estimate of drug-likeness (QED) is 0.328. The van der Waals surface area contributed by atoms with Gasteiger partial charge in [-0.3, -0.25) is 9.59 Å². The summed E-state index contributed by atoms with van der Waals surface area (Å²) >= 11 is 1.68. The summed E-state index contributed by atoms with van der Waals surface area (Å²) in [5.74, 6) is 2.97. The van der Waals surface area contributed by atoms with Gasteiger partial charge in [0.25, 0.3) is 5.91 Å². The molecule has 3 rings (SSSR count). The minimum atomic E-state index is -0.213. The second kappa shape index (κ2) is 11.7. The second-order valence-electron chi connectivity index (χ2n) is 8.14. The van der Waals surface area contributed by atoms with Gasteiger partial charge in [-0.2, -0.15) is 0 Å². The van der Waals surface area contributed by atoms with Gasteiger partial charge in [-0.1, -0.05) is 37.7 Å². The van der Waals surface area contributed by atoms with Crippen LogP contribution in [0.25, 0.3) is 0 Å². The fourth-order valence-electron chi connectivity index (χ4n) is 3.24. The maximum atomic E-state index is 13.0. The van der Waals surface area contributed by atoms with E-state index in [0.717, 1.165) is 16.7 Å². The van der Waals surface area contributed by atoms with Crippen molar-refractivity contribution >= 4 is 23.5 Å². The first-order valence-corrected chi connectivity index (χ1v) is 12.0. The van der Waals surface area contributed by atoms with Gasteiger partial charge in [-0.05, 0) is 36.2 Å². The van der Waals surface area contributed by atoms with Gasteiger partial charge in [0, 0.05) is 36.9 Å². The molecular formula is C25H30N4O4S. The first-order chi connectivity index (χ1) is 16.3. The van der Waals surface area contributed by atoms with E-state index in [1.54, 1.807) is 61.3 Å². The van der Waals surface area contributed by atoms with Gasteiger partial charge in [0.1, 0.15) is 17.3 Å². The Balaban J connectivity index is 1.59. The lowest BCUT2D eigenvalue weighted by Crippen LogP contribution is -2.26. The van der Waals surface area contributed by atoms with E-state index in [2.05, 4.69) is 29.4 Å². The third kappa shape index (κ3) is 6.17. The molecule has 0 atom stereocenters. The summed E-state index contributed by atoms with van der Waals surface area (Å²) in [6, 6.07) is 11.6. The maximum absolute atomic E-state index is 13.0. The molecule has 34 heavy (non-hydrogen) atoms. The van der Waals surface area contributed by atoms with E-state index in [9.17, 15) is 9.59 Å². The molecule has 2 aromatic carbocycles. The minimum Gasteiger partial charge on any atom is -0.497 e. The van der Waals surface area contributed by atoms with E-state index in [0.29, 0.717) is 47.1 Å². The number of benzene rings is 2. The Morgan fingerprint density at radius 2 is 1.74 bits per heavy atom. The molecule has 0 aliphatic rings. The largest absolute Gasteiger partial charge is 0.497 e. The second-order valence-corrected chi connectivity index (χ2v) is 9.13. The zero-order chi connectivity index (χ0) is 24.7. The molecule has 0 bridgehead atoms. The smallest absolute Gasteiger partial charge is 0.251 e. The molecule has 1 N–H and O–H groups in total. The highest BCUT2D eigenvalue weighted by Crippen LogP contribution is 2.26. The van der Waals surface area contributed by atoms with Crippen LogP contribution in [0.3, 0.4) is 0 Å². The molecule has 0 fully saturated rings. The fourth-order valence-corrected chi connectivity index (χ4v) is 4.12. The Morgan fingerprint density at radius 3 is 2.38 bits per heavy atom. The van der Waals surface area contributed by atoms with E-state index in [1.165, 1.54) is 7.11 Å². The van der Waals surface area contributed by atoms with Crippen LogP contribution in [0.1, 0.15) is 46.0 Å². The molecule has 0 saturated carbocycles. The Morgan fingerprint density at radius 1 is 1.03 bits per heavy atom. The summed E-state index contributed by atoms with van der Waals surface area (Å²) in [7, 11) is 4.99. The number of methoxy groups -OCH3 is 2. The van der Waals surface area contributed by atoms with Crippen LogP contribution in [0.5, 0.6) is 11.5 Å². The van der Waals surface area contributed by atoms with Crippen molar-refractivity contribution in [2.24, 2.45) is 13.0 Å². The summed E-state index contributed by atoms with van der Waals surface area (Å²) in [6.07, 6.45) is 0.573. The number of hydrogen-bond donors (Lipinski definition) is 1. The van der Waals surface area contributed by atoms with E-state index in [-0.39, 0.29) is 11.7 Å². The van der Waals surface area contributed by atoms with Crippen molar-refractivity contribution < 1.29 is 19.1 Å². The average molecular weight is 483 g/mol. The molecule has 0 radical (unpaired) electrons. The molecular weight excluding hydrogens is 452 g/mol. The Hall–Kier alpha value is -3.33. The molecule has 1 aromatic heterocycles. The maximum Gasteiger partial charge on any atom is 0.251 e. The highest BCUT2D eigenvalue weighted by molar-refractivity contribution is 7.99. The van der Waals surface area contributed by atoms with E-state index in [1.807, 2.05) is 11.6 Å². The molecule has 3 aromatic rings. The Bertz CT molecular complexity index is 1140. The lowest BCUT2D eigenvalue weighted by Gasteiger charge is -2.10. The number of amides is 1. The van der Waals surface area contributed by atoms with Crippen molar-refractivity contribution in [1.82, 2.24) is 20.1 Å². The van der Waals surface area contributed by atoms with Crippen LogP contribution in [0.4, 0.5) is 0 Å². The zero-order valence-electron chi connectivity index (χ0n) is 20.1. The average Bonchev–Trinajstić information content (AvgIpc) is 3.20. The number of ketones is 1. The monoisotopic (exact) mass is 482 g/mol. The molecule has 0 saturated heterocycles. The number of carbonyl (C=O) groups is 2. The molecule has 1 heterocycles. The van der Waals surface area contributed by atoms with Gasteiger partial charge in [0.05, 0.1) is 19.8 Å².